The van der Waals surface area contributed by atoms with Gasteiger partial charge >= 0.3 is 5.97 Å². The molecule has 1 heterocycles. The molecule has 2 rings (SSSR count). The highest BCUT2D eigenvalue weighted by molar-refractivity contribution is 6.36. The largest absolute Gasteiger partial charge is 0.465 e. The van der Waals surface area contributed by atoms with Gasteiger partial charge < -0.3 is 10.1 Å². The molecule has 4 nitrogen and oxygen atoms in total. The van der Waals surface area contributed by atoms with E-state index in [1.54, 1.807) is 30.3 Å². The van der Waals surface area contributed by atoms with E-state index in [9.17, 15) is 4.79 Å². The van der Waals surface area contributed by atoms with Gasteiger partial charge in [-0.3, -0.25) is 4.98 Å². The second-order valence-corrected chi connectivity index (χ2v) is 4.85. The smallest absolute Gasteiger partial charge is 0.339 e. The molecule has 0 unspecified atom stereocenters. The third-order valence-electron chi connectivity index (χ3n) is 2.64. The number of nitrogens with zero attached hydrogens (tertiary/aromatic N) is 1. The topological polar surface area (TPSA) is 51.2 Å². The van der Waals surface area contributed by atoms with Crippen LogP contribution in [0, 0.1) is 0 Å². The fourth-order valence-corrected chi connectivity index (χ4v) is 2.06. The summed E-state index contributed by atoms with van der Waals surface area (Å²) in [5, 5.41) is 4.28. The number of esters is 1. The molecule has 0 aliphatic rings. The van der Waals surface area contributed by atoms with Gasteiger partial charge in [-0.05, 0) is 30.3 Å². The van der Waals surface area contributed by atoms with Crippen LogP contribution in [0.5, 0.6) is 0 Å². The first kappa shape index (κ1) is 14.6. The van der Waals surface area contributed by atoms with Gasteiger partial charge in [0.15, 0.2) is 0 Å². The number of carbonyl (C=O) groups excluding carboxylic acids is 1. The molecule has 2 aromatic rings. The summed E-state index contributed by atoms with van der Waals surface area (Å²) in [6.45, 7) is 0.489. The van der Waals surface area contributed by atoms with Crippen molar-refractivity contribution < 1.29 is 9.53 Å². The summed E-state index contributed by atoms with van der Waals surface area (Å²) >= 11 is 11.9. The van der Waals surface area contributed by atoms with Gasteiger partial charge in [-0.1, -0.05) is 23.2 Å². The molecule has 6 heteroatoms. The van der Waals surface area contributed by atoms with E-state index < -0.39 is 5.97 Å². The maximum absolute atomic E-state index is 11.3. The molecule has 104 valence electrons. The monoisotopic (exact) mass is 310 g/mol. The molecule has 0 aliphatic carbocycles. The number of ether oxygens (including phenoxy) is 1. The van der Waals surface area contributed by atoms with Crippen molar-refractivity contribution in [3.8, 4) is 0 Å². The SMILES string of the molecule is COC(=O)c1ccc(CNc2ccc(Cl)cc2Cl)nc1. The summed E-state index contributed by atoms with van der Waals surface area (Å²) in [4.78, 5) is 15.5. The molecule has 0 radical (unpaired) electrons. The number of hydrogen-bond donors (Lipinski definition) is 1. The fraction of sp³-hybridized carbons (Fsp3) is 0.143. The molecule has 0 fully saturated rings. The standard InChI is InChI=1S/C14H12Cl2N2O2/c1-20-14(19)9-2-4-11(17-7-9)8-18-13-5-3-10(15)6-12(13)16/h2-7,18H,8H2,1H3. The quantitative estimate of drug-likeness (QED) is 0.873. The number of halogens is 2. The van der Waals surface area contributed by atoms with Gasteiger partial charge in [0.25, 0.3) is 0 Å². The predicted octanol–water partition coefficient (Wildman–Crippen LogP) is 3.79. The molecule has 1 aromatic heterocycles. The lowest BCUT2D eigenvalue weighted by Crippen LogP contribution is -2.05. The molecule has 1 N–H and O–H groups in total. The van der Waals surface area contributed by atoms with E-state index in [0.717, 1.165) is 11.4 Å². The van der Waals surface area contributed by atoms with E-state index in [0.29, 0.717) is 22.2 Å². The second kappa shape index (κ2) is 6.59. The Balaban J connectivity index is 2.02. The minimum absolute atomic E-state index is 0.405. The van der Waals surface area contributed by atoms with Crippen LogP contribution in [0.3, 0.4) is 0 Å². The second-order valence-electron chi connectivity index (χ2n) is 4.01. The number of nitrogens with one attached hydrogen (secondary N) is 1. The highest BCUT2D eigenvalue weighted by Gasteiger charge is 2.06. The zero-order valence-corrected chi connectivity index (χ0v) is 12.2. The Kier molecular flexibility index (Phi) is 4.82. The number of carbonyl (C=O) groups is 1. The number of hydrogen-bond acceptors (Lipinski definition) is 4. The van der Waals surface area contributed by atoms with Gasteiger partial charge in [-0.25, -0.2) is 4.79 Å². The average Bonchev–Trinajstić information content (AvgIpc) is 2.46. The summed E-state index contributed by atoms with van der Waals surface area (Å²) in [6, 6.07) is 8.64. The summed E-state index contributed by atoms with van der Waals surface area (Å²) in [5.41, 5.74) is 1.97. The van der Waals surface area contributed by atoms with Crippen LogP contribution in [-0.2, 0) is 11.3 Å². The van der Waals surface area contributed by atoms with Crippen molar-refractivity contribution in [3.63, 3.8) is 0 Å². The third kappa shape index (κ3) is 3.62. The Bertz CT molecular complexity index is 615. The predicted molar refractivity (Wildman–Crippen MR) is 79.4 cm³/mol. The molecule has 0 atom stereocenters. The fourth-order valence-electron chi connectivity index (χ4n) is 1.59. The van der Waals surface area contributed by atoms with Crippen molar-refractivity contribution in [3.05, 3.63) is 57.8 Å². The highest BCUT2D eigenvalue weighted by atomic mass is 35.5. The number of benzene rings is 1. The molecule has 0 spiro atoms. The number of pyridine rings is 1. The minimum atomic E-state index is -0.405. The Labute approximate surface area is 126 Å². The molecule has 0 saturated carbocycles. The lowest BCUT2D eigenvalue weighted by Gasteiger charge is -2.08. The van der Waals surface area contributed by atoms with Gasteiger partial charge in [0.2, 0.25) is 0 Å². The van der Waals surface area contributed by atoms with Gasteiger partial charge in [0.1, 0.15) is 0 Å². The Morgan fingerprint density at radius 3 is 2.70 bits per heavy atom. The maximum Gasteiger partial charge on any atom is 0.339 e. The van der Waals surface area contributed by atoms with E-state index in [1.165, 1.54) is 13.3 Å². The van der Waals surface area contributed by atoms with E-state index in [4.69, 9.17) is 23.2 Å². The number of anilines is 1. The van der Waals surface area contributed by atoms with Gasteiger partial charge in [0, 0.05) is 11.2 Å². The van der Waals surface area contributed by atoms with Crippen molar-refractivity contribution in [2.45, 2.75) is 6.54 Å². The van der Waals surface area contributed by atoms with Gasteiger partial charge in [0.05, 0.1) is 35.6 Å². The molecular weight excluding hydrogens is 299 g/mol. The Hall–Kier alpha value is -1.78. The van der Waals surface area contributed by atoms with Gasteiger partial charge in [-0.15, -0.1) is 0 Å². The zero-order valence-electron chi connectivity index (χ0n) is 10.7. The van der Waals surface area contributed by atoms with Crippen LogP contribution in [0.4, 0.5) is 5.69 Å². The lowest BCUT2D eigenvalue weighted by atomic mass is 10.2. The van der Waals surface area contributed by atoms with E-state index in [2.05, 4.69) is 15.0 Å². The summed E-state index contributed by atoms with van der Waals surface area (Å²) in [6.07, 6.45) is 1.48. The Morgan fingerprint density at radius 2 is 2.10 bits per heavy atom. The molecule has 0 aliphatic heterocycles. The van der Waals surface area contributed by atoms with E-state index in [1.807, 2.05) is 0 Å². The van der Waals surface area contributed by atoms with Crippen molar-refractivity contribution in [2.75, 3.05) is 12.4 Å². The van der Waals surface area contributed by atoms with E-state index >= 15 is 0 Å². The highest BCUT2D eigenvalue weighted by Crippen LogP contribution is 2.25. The summed E-state index contributed by atoms with van der Waals surface area (Å²) in [5.74, 6) is -0.405. The van der Waals surface area contributed by atoms with Gasteiger partial charge in [-0.2, -0.15) is 0 Å². The van der Waals surface area contributed by atoms with Crippen LogP contribution in [-0.4, -0.2) is 18.1 Å². The molecule has 0 saturated heterocycles. The van der Waals surface area contributed by atoms with Crippen molar-refractivity contribution in [1.29, 1.82) is 0 Å². The normalized spacial score (nSPS) is 10.2. The first-order valence-electron chi connectivity index (χ1n) is 5.82. The summed E-state index contributed by atoms with van der Waals surface area (Å²) in [7, 11) is 1.33. The minimum Gasteiger partial charge on any atom is -0.465 e. The molecule has 20 heavy (non-hydrogen) atoms. The molecule has 0 amide bonds. The van der Waals surface area contributed by atoms with Crippen LogP contribution < -0.4 is 5.32 Å². The lowest BCUT2D eigenvalue weighted by molar-refractivity contribution is 0.0600. The van der Waals surface area contributed by atoms with Crippen molar-refractivity contribution >= 4 is 34.9 Å². The molecule has 0 bridgehead atoms. The maximum atomic E-state index is 11.3. The van der Waals surface area contributed by atoms with Crippen LogP contribution in [0.25, 0.3) is 0 Å². The third-order valence-corrected chi connectivity index (χ3v) is 3.18. The molecule has 1 aromatic carbocycles. The number of rotatable bonds is 4. The zero-order chi connectivity index (χ0) is 14.5. The average molecular weight is 311 g/mol. The van der Waals surface area contributed by atoms with Crippen LogP contribution >= 0.6 is 23.2 Å². The number of methoxy groups -OCH3 is 1. The summed E-state index contributed by atoms with van der Waals surface area (Å²) < 4.78 is 4.61. The van der Waals surface area contributed by atoms with E-state index in [-0.39, 0.29) is 0 Å². The number of aromatic nitrogens is 1. The van der Waals surface area contributed by atoms with Crippen LogP contribution in [0.15, 0.2) is 36.5 Å². The van der Waals surface area contributed by atoms with Crippen molar-refractivity contribution in [2.24, 2.45) is 0 Å². The van der Waals surface area contributed by atoms with Crippen LogP contribution in [0.1, 0.15) is 16.1 Å². The Morgan fingerprint density at radius 1 is 1.30 bits per heavy atom. The first-order chi connectivity index (χ1) is 9.60. The van der Waals surface area contributed by atoms with Crippen LogP contribution in [0.2, 0.25) is 10.0 Å². The van der Waals surface area contributed by atoms with Crippen molar-refractivity contribution in [1.82, 2.24) is 4.98 Å². The first-order valence-corrected chi connectivity index (χ1v) is 6.58. The molecular formula is C14H12Cl2N2O2.